The van der Waals surface area contributed by atoms with E-state index in [1.165, 1.54) is 0 Å². The molecule has 1 aliphatic rings. The van der Waals surface area contributed by atoms with Crippen LogP contribution >= 0.6 is 0 Å². The summed E-state index contributed by atoms with van der Waals surface area (Å²) in [7, 11) is 2.09. The summed E-state index contributed by atoms with van der Waals surface area (Å²) in [4.78, 5) is 6.89. The molecule has 3 rings (SSSR count). The van der Waals surface area contributed by atoms with Crippen molar-refractivity contribution in [2.75, 3.05) is 26.7 Å². The molecule has 0 spiro atoms. The lowest BCUT2D eigenvalue weighted by molar-refractivity contribution is 0.190. The Morgan fingerprint density at radius 1 is 1.36 bits per heavy atom. The van der Waals surface area contributed by atoms with Gasteiger partial charge in [0.15, 0.2) is 5.82 Å². The lowest BCUT2D eigenvalue weighted by Gasteiger charge is -2.30. The van der Waals surface area contributed by atoms with Crippen molar-refractivity contribution in [3.8, 4) is 11.5 Å². The number of hydrogen-bond donors (Lipinski definition) is 1. The molecule has 1 unspecified atom stereocenters. The number of rotatable bonds is 4. The van der Waals surface area contributed by atoms with Crippen LogP contribution in [0.5, 0.6) is 0 Å². The molecule has 1 fully saturated rings. The van der Waals surface area contributed by atoms with Crippen molar-refractivity contribution in [1.82, 2.24) is 30.1 Å². The zero-order valence-electron chi connectivity index (χ0n) is 13.8. The van der Waals surface area contributed by atoms with Crippen molar-refractivity contribution < 1.29 is 4.52 Å². The Balaban J connectivity index is 1.90. The molecular formula is C15H24N6O. The second-order valence-electron chi connectivity index (χ2n) is 5.93. The predicted octanol–water partition coefficient (Wildman–Crippen LogP) is 1.54. The second kappa shape index (κ2) is 6.18. The van der Waals surface area contributed by atoms with E-state index in [0.717, 1.165) is 55.4 Å². The summed E-state index contributed by atoms with van der Waals surface area (Å²) in [6.07, 6.45) is 1.05. The van der Waals surface area contributed by atoms with E-state index in [4.69, 9.17) is 4.52 Å². The highest BCUT2D eigenvalue weighted by Gasteiger charge is 2.27. The zero-order chi connectivity index (χ0) is 15.7. The fourth-order valence-corrected chi connectivity index (χ4v) is 3.00. The molecule has 2 aromatic heterocycles. The first kappa shape index (κ1) is 15.2. The van der Waals surface area contributed by atoms with Crippen molar-refractivity contribution in [1.29, 1.82) is 0 Å². The highest BCUT2D eigenvalue weighted by molar-refractivity contribution is 5.59. The van der Waals surface area contributed by atoms with Gasteiger partial charge in [0, 0.05) is 31.9 Å². The quantitative estimate of drug-likeness (QED) is 0.923. The van der Waals surface area contributed by atoms with Crippen molar-refractivity contribution in [3.63, 3.8) is 0 Å². The maximum absolute atomic E-state index is 5.54. The molecule has 7 heteroatoms. The van der Waals surface area contributed by atoms with E-state index in [2.05, 4.69) is 46.4 Å². The SMILES string of the molecule is CCCn1nc(C)c(-c2nc(C3CNCCN3C)no2)c1C. The molecule has 1 N–H and O–H groups in total. The molecule has 120 valence electrons. The van der Waals surface area contributed by atoms with E-state index in [1.807, 2.05) is 11.6 Å². The van der Waals surface area contributed by atoms with Gasteiger partial charge < -0.3 is 9.84 Å². The largest absolute Gasteiger partial charge is 0.334 e. The fourth-order valence-electron chi connectivity index (χ4n) is 3.00. The van der Waals surface area contributed by atoms with Crippen LogP contribution in [0.1, 0.15) is 36.6 Å². The number of aryl methyl sites for hydroxylation is 2. The summed E-state index contributed by atoms with van der Waals surface area (Å²) < 4.78 is 7.55. The molecule has 0 bridgehead atoms. The van der Waals surface area contributed by atoms with Crippen molar-refractivity contribution in [2.24, 2.45) is 0 Å². The molecule has 7 nitrogen and oxygen atoms in total. The minimum absolute atomic E-state index is 0.164. The monoisotopic (exact) mass is 304 g/mol. The minimum atomic E-state index is 0.164. The van der Waals surface area contributed by atoms with Crippen molar-refractivity contribution in [2.45, 2.75) is 39.8 Å². The first-order chi connectivity index (χ1) is 10.6. The highest BCUT2D eigenvalue weighted by Crippen LogP contribution is 2.27. The van der Waals surface area contributed by atoms with Crippen LogP contribution in [0.25, 0.3) is 11.5 Å². The van der Waals surface area contributed by atoms with E-state index in [-0.39, 0.29) is 6.04 Å². The van der Waals surface area contributed by atoms with Crippen LogP contribution in [-0.2, 0) is 6.54 Å². The third kappa shape index (κ3) is 2.66. The zero-order valence-corrected chi connectivity index (χ0v) is 13.8. The van der Waals surface area contributed by atoms with Crippen LogP contribution < -0.4 is 5.32 Å². The fraction of sp³-hybridized carbons (Fsp3) is 0.667. The lowest BCUT2D eigenvalue weighted by Crippen LogP contribution is -2.44. The molecule has 0 aliphatic carbocycles. The molecule has 22 heavy (non-hydrogen) atoms. The van der Waals surface area contributed by atoms with Crippen LogP contribution in [-0.4, -0.2) is 51.5 Å². The van der Waals surface area contributed by atoms with Gasteiger partial charge in [-0.05, 0) is 27.3 Å². The first-order valence-electron chi connectivity index (χ1n) is 7.90. The molecular weight excluding hydrogens is 280 g/mol. The van der Waals surface area contributed by atoms with Gasteiger partial charge in [0.05, 0.1) is 17.3 Å². The summed E-state index contributed by atoms with van der Waals surface area (Å²) in [5.41, 5.74) is 3.00. The Kier molecular flexibility index (Phi) is 4.26. The van der Waals surface area contributed by atoms with Crippen LogP contribution in [0, 0.1) is 13.8 Å². The molecule has 2 aromatic rings. The number of piperazine rings is 1. The van der Waals surface area contributed by atoms with E-state index in [9.17, 15) is 0 Å². The van der Waals surface area contributed by atoms with E-state index in [1.54, 1.807) is 0 Å². The van der Waals surface area contributed by atoms with E-state index in [0.29, 0.717) is 5.89 Å². The summed E-state index contributed by atoms with van der Waals surface area (Å²) in [5.74, 6) is 1.32. The van der Waals surface area contributed by atoms with Gasteiger partial charge in [-0.1, -0.05) is 12.1 Å². The summed E-state index contributed by atoms with van der Waals surface area (Å²) in [5, 5.41) is 12.2. The summed E-state index contributed by atoms with van der Waals surface area (Å²) >= 11 is 0. The summed E-state index contributed by atoms with van der Waals surface area (Å²) in [6, 6.07) is 0.164. The minimum Gasteiger partial charge on any atom is -0.334 e. The van der Waals surface area contributed by atoms with Crippen LogP contribution in [0.4, 0.5) is 0 Å². The lowest BCUT2D eigenvalue weighted by atomic mass is 10.2. The molecule has 3 heterocycles. The highest BCUT2D eigenvalue weighted by atomic mass is 16.5. The Morgan fingerprint density at radius 3 is 2.91 bits per heavy atom. The van der Waals surface area contributed by atoms with Gasteiger partial charge in [-0.2, -0.15) is 10.1 Å². The average Bonchev–Trinajstić information content (AvgIpc) is 3.06. The smallest absolute Gasteiger partial charge is 0.261 e. The van der Waals surface area contributed by atoms with Crippen LogP contribution in [0.3, 0.4) is 0 Å². The van der Waals surface area contributed by atoms with Gasteiger partial charge in [-0.25, -0.2) is 0 Å². The maximum Gasteiger partial charge on any atom is 0.261 e. The van der Waals surface area contributed by atoms with E-state index >= 15 is 0 Å². The van der Waals surface area contributed by atoms with Gasteiger partial charge in [0.25, 0.3) is 5.89 Å². The molecule has 0 aromatic carbocycles. The standard InChI is InChI=1S/C15H24N6O/c1-5-7-21-11(3)13(10(2)18-21)15-17-14(19-22-15)12-9-16-6-8-20(12)4/h12,16H,5-9H2,1-4H3. The molecule has 0 radical (unpaired) electrons. The number of aromatic nitrogens is 4. The predicted molar refractivity (Wildman–Crippen MR) is 83.5 cm³/mol. The molecule has 1 atom stereocenters. The molecule has 1 saturated heterocycles. The third-order valence-electron chi connectivity index (χ3n) is 4.28. The number of nitrogens with one attached hydrogen (secondary N) is 1. The Morgan fingerprint density at radius 2 is 2.18 bits per heavy atom. The third-order valence-corrected chi connectivity index (χ3v) is 4.28. The van der Waals surface area contributed by atoms with Gasteiger partial charge in [0.1, 0.15) is 0 Å². The normalized spacial score (nSPS) is 19.7. The van der Waals surface area contributed by atoms with Gasteiger partial charge >= 0.3 is 0 Å². The van der Waals surface area contributed by atoms with Gasteiger partial charge in [0.2, 0.25) is 0 Å². The van der Waals surface area contributed by atoms with Gasteiger partial charge in [-0.3, -0.25) is 9.58 Å². The topological polar surface area (TPSA) is 72.0 Å². The molecule has 1 aliphatic heterocycles. The Hall–Kier alpha value is -1.73. The van der Waals surface area contributed by atoms with Crippen molar-refractivity contribution >= 4 is 0 Å². The molecule has 0 amide bonds. The Labute approximate surface area is 130 Å². The summed E-state index contributed by atoms with van der Waals surface area (Å²) in [6.45, 7) is 9.94. The average molecular weight is 304 g/mol. The number of hydrogen-bond acceptors (Lipinski definition) is 6. The van der Waals surface area contributed by atoms with Crippen LogP contribution in [0.2, 0.25) is 0 Å². The van der Waals surface area contributed by atoms with Crippen molar-refractivity contribution in [3.05, 3.63) is 17.2 Å². The van der Waals surface area contributed by atoms with Gasteiger partial charge in [-0.15, -0.1) is 0 Å². The first-order valence-corrected chi connectivity index (χ1v) is 7.90. The number of likely N-dealkylation sites (N-methyl/N-ethyl adjacent to an activating group) is 1. The maximum atomic E-state index is 5.54. The Bertz CT molecular complexity index is 646. The molecule has 0 saturated carbocycles. The van der Waals surface area contributed by atoms with Crippen LogP contribution in [0.15, 0.2) is 4.52 Å². The van der Waals surface area contributed by atoms with E-state index < -0.39 is 0 Å². The second-order valence-corrected chi connectivity index (χ2v) is 5.93. The number of nitrogens with zero attached hydrogens (tertiary/aromatic N) is 5.